The first-order chi connectivity index (χ1) is 8.56. The predicted octanol–water partition coefficient (Wildman–Crippen LogP) is 3.86. The van der Waals surface area contributed by atoms with Crippen molar-refractivity contribution in [3.63, 3.8) is 0 Å². The molecule has 18 heavy (non-hydrogen) atoms. The lowest BCUT2D eigenvalue weighted by Gasteiger charge is -2.09. The number of hydrogen-bond donors (Lipinski definition) is 1. The van der Waals surface area contributed by atoms with Gasteiger partial charge in [0.05, 0.1) is 3.57 Å². The first kappa shape index (κ1) is 13.5. The van der Waals surface area contributed by atoms with Gasteiger partial charge in [-0.1, -0.05) is 12.2 Å². The number of allylic oxidation sites excluding steroid dienone is 2. The Morgan fingerprint density at radius 1 is 1.39 bits per heavy atom. The summed E-state index contributed by atoms with van der Waals surface area (Å²) in [6.07, 6.45) is 6.36. The highest BCUT2D eigenvalue weighted by atomic mass is 127. The molecule has 1 aromatic rings. The summed E-state index contributed by atoms with van der Waals surface area (Å²) < 4.78 is 26.5. The van der Waals surface area contributed by atoms with Crippen molar-refractivity contribution in [1.82, 2.24) is 0 Å². The van der Waals surface area contributed by atoms with Crippen LogP contribution in [0.2, 0.25) is 0 Å². The Balaban J connectivity index is 2.00. The molecule has 5 heteroatoms. The second-order valence-corrected chi connectivity index (χ2v) is 5.35. The van der Waals surface area contributed by atoms with Crippen molar-refractivity contribution in [3.05, 3.63) is 39.5 Å². The van der Waals surface area contributed by atoms with Crippen molar-refractivity contribution in [1.29, 1.82) is 0 Å². The van der Waals surface area contributed by atoms with Gasteiger partial charge in [-0.15, -0.1) is 0 Å². The van der Waals surface area contributed by atoms with Crippen molar-refractivity contribution < 1.29 is 13.6 Å². The van der Waals surface area contributed by atoms with E-state index < -0.39 is 11.6 Å². The van der Waals surface area contributed by atoms with Crippen LogP contribution in [0.25, 0.3) is 0 Å². The van der Waals surface area contributed by atoms with Gasteiger partial charge >= 0.3 is 0 Å². The second-order valence-electron chi connectivity index (χ2n) is 4.27. The number of halogens is 3. The fourth-order valence-corrected chi connectivity index (χ4v) is 2.25. The van der Waals surface area contributed by atoms with Crippen molar-refractivity contribution in [2.75, 3.05) is 5.32 Å². The van der Waals surface area contributed by atoms with Gasteiger partial charge in [-0.2, -0.15) is 0 Å². The van der Waals surface area contributed by atoms with E-state index in [0.717, 1.165) is 25.0 Å². The van der Waals surface area contributed by atoms with Crippen LogP contribution in [-0.4, -0.2) is 5.91 Å². The van der Waals surface area contributed by atoms with Crippen LogP contribution >= 0.6 is 22.6 Å². The number of amides is 1. The zero-order valence-electron chi connectivity index (χ0n) is 9.55. The molecule has 0 radical (unpaired) electrons. The van der Waals surface area contributed by atoms with Gasteiger partial charge in [0.1, 0.15) is 11.6 Å². The Morgan fingerprint density at radius 3 is 2.61 bits per heavy atom. The molecule has 0 aliphatic heterocycles. The van der Waals surface area contributed by atoms with E-state index in [9.17, 15) is 13.6 Å². The summed E-state index contributed by atoms with van der Waals surface area (Å²) in [5.74, 6) is -1.30. The highest BCUT2D eigenvalue weighted by molar-refractivity contribution is 14.1. The summed E-state index contributed by atoms with van der Waals surface area (Å²) in [7, 11) is 0. The third-order valence-corrected chi connectivity index (χ3v) is 3.86. The second kappa shape index (κ2) is 5.77. The van der Waals surface area contributed by atoms with E-state index >= 15 is 0 Å². The molecule has 1 atom stereocenters. The average molecular weight is 363 g/mol. The Labute approximate surface area is 118 Å². The Bertz CT molecular complexity index is 479. The third kappa shape index (κ3) is 3.28. The van der Waals surface area contributed by atoms with E-state index in [2.05, 4.69) is 5.32 Å². The van der Waals surface area contributed by atoms with Crippen LogP contribution in [0.1, 0.15) is 19.3 Å². The van der Waals surface area contributed by atoms with Gasteiger partial charge in [0, 0.05) is 12.1 Å². The van der Waals surface area contributed by atoms with Crippen LogP contribution in [0.4, 0.5) is 14.5 Å². The molecular formula is C13H12F2INO. The number of carbonyl (C=O) groups excluding carboxylic acids is 1. The minimum absolute atomic E-state index is 0.0654. The molecule has 2 nitrogen and oxygen atoms in total. The first-order valence-corrected chi connectivity index (χ1v) is 6.75. The van der Waals surface area contributed by atoms with E-state index in [1.165, 1.54) is 0 Å². The maximum Gasteiger partial charge on any atom is 0.224 e. The number of carbonyl (C=O) groups is 1. The number of benzene rings is 1. The van der Waals surface area contributed by atoms with Crippen molar-refractivity contribution >= 4 is 34.2 Å². The van der Waals surface area contributed by atoms with Gasteiger partial charge in [-0.05, 0) is 53.5 Å². The van der Waals surface area contributed by atoms with Crippen LogP contribution in [0.15, 0.2) is 24.3 Å². The van der Waals surface area contributed by atoms with Gasteiger partial charge in [0.15, 0.2) is 0 Å². The standard InChI is InChI=1S/C13H12F2INO/c14-10-6-9(7-11(15)13(10)16)17-12(18)5-8-3-1-2-4-8/h1,3,6-8H,2,4-5H2,(H,17,18). The molecule has 0 spiro atoms. The molecule has 0 saturated carbocycles. The summed E-state index contributed by atoms with van der Waals surface area (Å²) in [6, 6.07) is 2.26. The Kier molecular flexibility index (Phi) is 4.31. The van der Waals surface area contributed by atoms with Crippen LogP contribution in [0.5, 0.6) is 0 Å². The topological polar surface area (TPSA) is 29.1 Å². The van der Waals surface area contributed by atoms with Crippen LogP contribution in [0, 0.1) is 21.1 Å². The third-order valence-electron chi connectivity index (χ3n) is 2.83. The smallest absolute Gasteiger partial charge is 0.224 e. The summed E-state index contributed by atoms with van der Waals surface area (Å²) >= 11 is 1.59. The summed E-state index contributed by atoms with van der Waals surface area (Å²) in [6.45, 7) is 0. The van der Waals surface area contributed by atoms with E-state index in [4.69, 9.17) is 0 Å². The largest absolute Gasteiger partial charge is 0.326 e. The molecule has 1 unspecified atom stereocenters. The number of anilines is 1. The molecule has 1 aliphatic rings. The zero-order chi connectivity index (χ0) is 13.1. The molecule has 1 aliphatic carbocycles. The highest BCUT2D eigenvalue weighted by Crippen LogP contribution is 2.23. The lowest BCUT2D eigenvalue weighted by atomic mass is 10.1. The summed E-state index contributed by atoms with van der Waals surface area (Å²) in [5.41, 5.74) is 0.164. The summed E-state index contributed by atoms with van der Waals surface area (Å²) in [5, 5.41) is 2.52. The molecule has 1 N–H and O–H groups in total. The van der Waals surface area contributed by atoms with E-state index in [1.54, 1.807) is 22.6 Å². The van der Waals surface area contributed by atoms with Crippen LogP contribution in [0.3, 0.4) is 0 Å². The Morgan fingerprint density at radius 2 is 2.06 bits per heavy atom. The molecule has 0 aromatic heterocycles. The molecule has 0 fully saturated rings. The molecule has 0 heterocycles. The lowest BCUT2D eigenvalue weighted by molar-refractivity contribution is -0.116. The number of nitrogens with one attached hydrogen (secondary N) is 1. The fraction of sp³-hybridized carbons (Fsp3) is 0.308. The minimum atomic E-state index is -0.660. The number of hydrogen-bond acceptors (Lipinski definition) is 1. The van der Waals surface area contributed by atoms with Crippen molar-refractivity contribution in [3.8, 4) is 0 Å². The maximum absolute atomic E-state index is 13.3. The normalized spacial score (nSPS) is 18.1. The SMILES string of the molecule is O=C(CC1C=CCC1)Nc1cc(F)c(I)c(F)c1. The molecule has 2 rings (SSSR count). The van der Waals surface area contributed by atoms with Gasteiger partial charge in [-0.25, -0.2) is 8.78 Å². The minimum Gasteiger partial charge on any atom is -0.326 e. The van der Waals surface area contributed by atoms with E-state index in [-0.39, 0.29) is 21.1 Å². The highest BCUT2D eigenvalue weighted by Gasteiger charge is 2.15. The lowest BCUT2D eigenvalue weighted by Crippen LogP contribution is -2.15. The first-order valence-electron chi connectivity index (χ1n) is 5.67. The van der Waals surface area contributed by atoms with Crippen LogP contribution < -0.4 is 5.32 Å². The van der Waals surface area contributed by atoms with Gasteiger partial charge < -0.3 is 5.32 Å². The Hall–Kier alpha value is -0.980. The van der Waals surface area contributed by atoms with Crippen molar-refractivity contribution in [2.45, 2.75) is 19.3 Å². The monoisotopic (exact) mass is 363 g/mol. The van der Waals surface area contributed by atoms with Crippen LogP contribution in [-0.2, 0) is 4.79 Å². The fourth-order valence-electron chi connectivity index (χ4n) is 1.94. The molecule has 0 saturated heterocycles. The van der Waals surface area contributed by atoms with E-state index in [1.807, 2.05) is 12.2 Å². The van der Waals surface area contributed by atoms with Gasteiger partial charge in [0.25, 0.3) is 0 Å². The maximum atomic E-state index is 13.3. The molecule has 1 aromatic carbocycles. The predicted molar refractivity (Wildman–Crippen MR) is 74.2 cm³/mol. The zero-order valence-corrected chi connectivity index (χ0v) is 11.7. The average Bonchev–Trinajstić information content (AvgIpc) is 2.78. The summed E-state index contributed by atoms with van der Waals surface area (Å²) in [4.78, 5) is 11.7. The molecule has 96 valence electrons. The quantitative estimate of drug-likeness (QED) is 0.493. The van der Waals surface area contributed by atoms with Gasteiger partial charge in [-0.3, -0.25) is 4.79 Å². The van der Waals surface area contributed by atoms with Gasteiger partial charge in [0.2, 0.25) is 5.91 Å². The van der Waals surface area contributed by atoms with Crippen molar-refractivity contribution in [2.24, 2.45) is 5.92 Å². The molecule has 0 bridgehead atoms. The molecular weight excluding hydrogens is 351 g/mol. The van der Waals surface area contributed by atoms with E-state index in [0.29, 0.717) is 6.42 Å². The number of rotatable bonds is 3. The molecule has 1 amide bonds.